The van der Waals surface area contributed by atoms with Gasteiger partial charge < -0.3 is 10.1 Å². The van der Waals surface area contributed by atoms with E-state index < -0.39 is 22.9 Å². The van der Waals surface area contributed by atoms with Crippen molar-refractivity contribution >= 4 is 46.5 Å². The van der Waals surface area contributed by atoms with Gasteiger partial charge in [0.05, 0.1) is 9.93 Å². The summed E-state index contributed by atoms with van der Waals surface area (Å²) in [6, 6.07) is 12.7. The van der Waals surface area contributed by atoms with Crippen LogP contribution in [0, 0.1) is 5.82 Å². The minimum Gasteiger partial charge on any atom is -0.482 e. The summed E-state index contributed by atoms with van der Waals surface area (Å²) >= 11 is 6.68. The number of nitrogens with one attached hydrogen (secondary N) is 1. The zero-order chi connectivity index (χ0) is 20.8. The van der Waals surface area contributed by atoms with Crippen LogP contribution in [0.3, 0.4) is 0 Å². The van der Waals surface area contributed by atoms with E-state index in [1.807, 2.05) is 0 Å². The van der Waals surface area contributed by atoms with Gasteiger partial charge in [-0.1, -0.05) is 41.9 Å². The second-order valence-electron chi connectivity index (χ2n) is 5.92. The van der Waals surface area contributed by atoms with E-state index in [4.69, 9.17) is 16.3 Å². The highest BCUT2D eigenvalue weighted by Crippen LogP contribution is 2.32. The van der Waals surface area contributed by atoms with Crippen LogP contribution < -0.4 is 10.1 Å². The molecule has 1 N–H and O–H groups in total. The Balaban J connectivity index is 1.50. The van der Waals surface area contributed by atoms with Crippen molar-refractivity contribution in [2.45, 2.75) is 0 Å². The molecular weight excluding hydrogens is 419 g/mol. The summed E-state index contributed by atoms with van der Waals surface area (Å²) in [5.41, 5.74) is 0.225. The molecule has 0 aromatic heterocycles. The number of rotatable bonds is 7. The smallest absolute Gasteiger partial charge is 0.293 e. The van der Waals surface area contributed by atoms with Crippen molar-refractivity contribution in [2.24, 2.45) is 0 Å². The molecule has 1 saturated heterocycles. The van der Waals surface area contributed by atoms with Crippen molar-refractivity contribution in [1.29, 1.82) is 0 Å². The number of ether oxygens (including phenoxy) is 1. The van der Waals surface area contributed by atoms with Crippen molar-refractivity contribution in [2.75, 3.05) is 19.7 Å². The predicted octanol–water partition coefficient (Wildman–Crippen LogP) is 3.71. The van der Waals surface area contributed by atoms with E-state index in [9.17, 15) is 18.8 Å². The number of imide groups is 1. The first kappa shape index (κ1) is 20.9. The van der Waals surface area contributed by atoms with E-state index >= 15 is 0 Å². The second kappa shape index (κ2) is 9.58. The quantitative estimate of drug-likeness (QED) is 0.672. The lowest BCUT2D eigenvalue weighted by Gasteiger charge is -2.13. The zero-order valence-electron chi connectivity index (χ0n) is 15.1. The van der Waals surface area contributed by atoms with Crippen LogP contribution in [-0.4, -0.2) is 41.6 Å². The van der Waals surface area contributed by atoms with E-state index in [1.54, 1.807) is 30.3 Å². The second-order valence-corrected chi connectivity index (χ2v) is 7.32. The van der Waals surface area contributed by atoms with Crippen LogP contribution in [-0.2, 0) is 9.59 Å². The third-order valence-corrected chi connectivity index (χ3v) is 5.14. The summed E-state index contributed by atoms with van der Waals surface area (Å²) in [5.74, 6) is -1.04. The van der Waals surface area contributed by atoms with Crippen molar-refractivity contribution in [3.63, 3.8) is 0 Å². The summed E-state index contributed by atoms with van der Waals surface area (Å²) in [4.78, 5) is 37.5. The number of carbonyl (C=O) groups excluding carboxylic acids is 3. The summed E-state index contributed by atoms with van der Waals surface area (Å²) in [5, 5.41) is 2.49. The summed E-state index contributed by atoms with van der Waals surface area (Å²) < 4.78 is 19.1. The fourth-order valence-electron chi connectivity index (χ4n) is 2.49. The molecule has 1 fully saturated rings. The summed E-state index contributed by atoms with van der Waals surface area (Å²) in [7, 11) is 0. The Morgan fingerprint density at radius 2 is 1.90 bits per heavy atom. The van der Waals surface area contributed by atoms with Crippen molar-refractivity contribution < 1.29 is 23.5 Å². The molecule has 2 aromatic rings. The molecule has 9 heteroatoms. The van der Waals surface area contributed by atoms with Crippen LogP contribution in [0.15, 0.2) is 53.4 Å². The zero-order valence-corrected chi connectivity index (χ0v) is 16.6. The maximum atomic E-state index is 13.7. The van der Waals surface area contributed by atoms with E-state index in [2.05, 4.69) is 5.32 Å². The van der Waals surface area contributed by atoms with Gasteiger partial charge in [0.15, 0.2) is 6.61 Å². The van der Waals surface area contributed by atoms with Gasteiger partial charge in [-0.25, -0.2) is 4.39 Å². The monoisotopic (exact) mass is 434 g/mol. The molecule has 29 heavy (non-hydrogen) atoms. The number of hydrogen-bond donors (Lipinski definition) is 1. The van der Waals surface area contributed by atoms with E-state index in [0.717, 1.165) is 16.7 Å². The number of nitrogens with zero attached hydrogens (tertiary/aromatic N) is 1. The van der Waals surface area contributed by atoms with Crippen LogP contribution >= 0.6 is 23.4 Å². The molecule has 3 amide bonds. The van der Waals surface area contributed by atoms with Crippen molar-refractivity contribution in [1.82, 2.24) is 10.2 Å². The van der Waals surface area contributed by atoms with Crippen molar-refractivity contribution in [3.05, 3.63) is 69.8 Å². The first-order valence-corrected chi connectivity index (χ1v) is 9.79. The number of amides is 3. The number of halogens is 2. The first-order chi connectivity index (χ1) is 14.0. The molecule has 0 radical (unpaired) electrons. The average Bonchev–Trinajstić information content (AvgIpc) is 2.96. The van der Waals surface area contributed by atoms with E-state index in [1.165, 1.54) is 24.3 Å². The fraction of sp³-hybridized carbons (Fsp3) is 0.150. The number of benzene rings is 2. The van der Waals surface area contributed by atoms with Gasteiger partial charge in [0.25, 0.3) is 17.1 Å². The Morgan fingerprint density at radius 3 is 2.66 bits per heavy atom. The molecule has 150 valence electrons. The summed E-state index contributed by atoms with van der Waals surface area (Å²) in [6.45, 7) is -0.189. The SMILES string of the molecule is O=C(COc1ccccc1Cl)NCCN1C(=O)S/C(=C\c2ccccc2F)C1=O. The van der Waals surface area contributed by atoms with Crippen LogP contribution in [0.1, 0.15) is 5.56 Å². The number of hydrogen-bond acceptors (Lipinski definition) is 5. The number of para-hydroxylation sites is 1. The lowest BCUT2D eigenvalue weighted by molar-refractivity contribution is -0.125. The molecule has 1 heterocycles. The summed E-state index contributed by atoms with van der Waals surface area (Å²) in [6.07, 6.45) is 1.34. The molecule has 3 rings (SSSR count). The average molecular weight is 435 g/mol. The Bertz CT molecular complexity index is 982. The molecule has 6 nitrogen and oxygen atoms in total. The highest BCUT2D eigenvalue weighted by Gasteiger charge is 2.34. The number of thioether (sulfide) groups is 1. The Labute approximate surface area is 175 Å². The maximum absolute atomic E-state index is 13.7. The van der Waals surface area contributed by atoms with Crippen LogP contribution in [0.5, 0.6) is 5.75 Å². The molecule has 0 bridgehead atoms. The van der Waals surface area contributed by atoms with Crippen LogP contribution in [0.4, 0.5) is 9.18 Å². The van der Waals surface area contributed by atoms with Gasteiger partial charge in [0, 0.05) is 18.7 Å². The molecule has 1 aliphatic heterocycles. The van der Waals surface area contributed by atoms with Gasteiger partial charge in [-0.2, -0.15) is 0 Å². The van der Waals surface area contributed by atoms with Gasteiger partial charge in [0.2, 0.25) is 0 Å². The Hall–Kier alpha value is -2.84. The Kier molecular flexibility index (Phi) is 6.90. The molecule has 0 aliphatic carbocycles. The van der Waals surface area contributed by atoms with Gasteiger partial charge in [-0.15, -0.1) is 0 Å². The predicted molar refractivity (Wildman–Crippen MR) is 109 cm³/mol. The van der Waals surface area contributed by atoms with Gasteiger partial charge in [-0.3, -0.25) is 19.3 Å². The molecule has 2 aromatic carbocycles. The molecule has 0 atom stereocenters. The van der Waals surface area contributed by atoms with E-state index in [0.29, 0.717) is 10.8 Å². The maximum Gasteiger partial charge on any atom is 0.293 e. The molecule has 0 spiro atoms. The lowest BCUT2D eigenvalue weighted by atomic mass is 10.2. The molecule has 0 unspecified atom stereocenters. The van der Waals surface area contributed by atoms with Gasteiger partial charge in [-0.05, 0) is 36.0 Å². The molecular formula is C20H16ClFN2O4S. The standard InChI is InChI=1S/C20H16ClFN2O4S/c21-14-6-2-4-8-16(14)28-12-18(25)23-9-10-24-19(26)17(29-20(24)27)11-13-5-1-3-7-15(13)22/h1-8,11H,9-10,12H2,(H,23,25)/b17-11-. The minimum absolute atomic E-state index is 0.00287. The normalized spacial score (nSPS) is 15.1. The van der Waals surface area contributed by atoms with Crippen molar-refractivity contribution in [3.8, 4) is 5.75 Å². The van der Waals surface area contributed by atoms with Gasteiger partial charge >= 0.3 is 0 Å². The Morgan fingerprint density at radius 1 is 1.17 bits per heavy atom. The third kappa shape index (κ3) is 5.36. The highest BCUT2D eigenvalue weighted by atomic mass is 35.5. The topological polar surface area (TPSA) is 75.7 Å². The van der Waals surface area contributed by atoms with E-state index in [-0.39, 0.29) is 30.2 Å². The highest BCUT2D eigenvalue weighted by molar-refractivity contribution is 8.18. The number of carbonyl (C=O) groups is 3. The largest absolute Gasteiger partial charge is 0.482 e. The molecule has 0 saturated carbocycles. The molecule has 1 aliphatic rings. The van der Waals surface area contributed by atoms with Crippen LogP contribution in [0.25, 0.3) is 6.08 Å². The minimum atomic E-state index is -0.523. The first-order valence-electron chi connectivity index (χ1n) is 8.59. The third-order valence-electron chi connectivity index (χ3n) is 3.92. The lowest BCUT2D eigenvalue weighted by Crippen LogP contribution is -2.38. The fourth-order valence-corrected chi connectivity index (χ4v) is 3.54. The van der Waals surface area contributed by atoms with Gasteiger partial charge in [0.1, 0.15) is 11.6 Å². The van der Waals surface area contributed by atoms with Crippen LogP contribution in [0.2, 0.25) is 5.02 Å².